The lowest BCUT2D eigenvalue weighted by atomic mass is 9.67. The predicted molar refractivity (Wildman–Crippen MR) is 111 cm³/mol. The summed E-state index contributed by atoms with van der Waals surface area (Å²) >= 11 is 0. The molecule has 1 aliphatic heterocycles. The number of amides is 1. The molecule has 0 radical (unpaired) electrons. The highest BCUT2D eigenvalue weighted by Gasteiger charge is 2.52. The summed E-state index contributed by atoms with van der Waals surface area (Å²) in [7, 11) is -3.75. The summed E-state index contributed by atoms with van der Waals surface area (Å²) in [5, 5.41) is 14.1. The number of rotatable bonds is 4. The monoisotopic (exact) mass is 432 g/mol. The third kappa shape index (κ3) is 3.75. The van der Waals surface area contributed by atoms with Crippen molar-refractivity contribution >= 4 is 21.6 Å². The molecule has 0 spiro atoms. The van der Waals surface area contributed by atoms with Crippen LogP contribution in [0, 0.1) is 17.7 Å². The van der Waals surface area contributed by atoms with E-state index >= 15 is 0 Å². The maximum absolute atomic E-state index is 13.8. The van der Waals surface area contributed by atoms with Crippen molar-refractivity contribution in [3.05, 3.63) is 59.9 Å². The van der Waals surface area contributed by atoms with Crippen molar-refractivity contribution in [2.75, 3.05) is 18.4 Å². The van der Waals surface area contributed by atoms with E-state index < -0.39 is 21.4 Å². The maximum Gasteiger partial charge on any atom is 0.243 e. The van der Waals surface area contributed by atoms with E-state index in [0.29, 0.717) is 24.2 Å². The highest BCUT2D eigenvalue weighted by atomic mass is 32.2. The second kappa shape index (κ2) is 7.76. The molecule has 3 unspecified atom stereocenters. The quantitative estimate of drug-likeness (QED) is 0.777. The number of anilines is 1. The molecule has 2 aliphatic rings. The van der Waals surface area contributed by atoms with Gasteiger partial charge in [-0.25, -0.2) is 12.8 Å². The normalized spacial score (nSPS) is 26.9. The van der Waals surface area contributed by atoms with Gasteiger partial charge in [-0.2, -0.15) is 4.31 Å². The molecule has 1 saturated carbocycles. The molecule has 2 N–H and O–H groups in total. The van der Waals surface area contributed by atoms with Crippen LogP contribution in [-0.2, 0) is 20.4 Å². The fraction of sp³-hybridized carbons (Fsp3) is 0.409. The Bertz CT molecular complexity index is 1060. The number of nitrogens with one attached hydrogen (secondary N) is 1. The smallest absolute Gasteiger partial charge is 0.243 e. The maximum atomic E-state index is 13.8. The topological polar surface area (TPSA) is 86.7 Å². The Hall–Kier alpha value is -2.29. The van der Waals surface area contributed by atoms with E-state index in [2.05, 4.69) is 5.32 Å². The first-order chi connectivity index (χ1) is 14.2. The first-order valence-corrected chi connectivity index (χ1v) is 11.5. The SMILES string of the molecule is CC(=O)Nc1ccc(S(=O)(=O)N2CC3CCCC(O)(c4cccc(F)c4)C3C2)cc1. The number of hydrogen-bond donors (Lipinski definition) is 2. The first-order valence-electron chi connectivity index (χ1n) is 10.1. The van der Waals surface area contributed by atoms with Gasteiger partial charge in [0.05, 0.1) is 10.5 Å². The van der Waals surface area contributed by atoms with Crippen LogP contribution in [0.5, 0.6) is 0 Å². The first kappa shape index (κ1) is 21.0. The number of hydrogen-bond acceptors (Lipinski definition) is 4. The number of nitrogens with zero attached hydrogens (tertiary/aromatic N) is 1. The molecule has 2 aromatic carbocycles. The number of halogens is 1. The van der Waals surface area contributed by atoms with Gasteiger partial charge in [0, 0.05) is 31.6 Å². The zero-order chi connectivity index (χ0) is 21.5. The van der Waals surface area contributed by atoms with Crippen molar-refractivity contribution in [1.82, 2.24) is 4.31 Å². The van der Waals surface area contributed by atoms with Crippen LogP contribution in [0.1, 0.15) is 31.7 Å². The van der Waals surface area contributed by atoms with Crippen molar-refractivity contribution in [3.63, 3.8) is 0 Å². The van der Waals surface area contributed by atoms with Crippen LogP contribution >= 0.6 is 0 Å². The van der Waals surface area contributed by atoms with E-state index in [-0.39, 0.29) is 29.2 Å². The van der Waals surface area contributed by atoms with Gasteiger partial charge in [0.1, 0.15) is 5.82 Å². The third-order valence-corrected chi connectivity index (χ3v) is 8.14. The Kier molecular flexibility index (Phi) is 5.42. The Morgan fingerprint density at radius 1 is 1.20 bits per heavy atom. The molecule has 4 rings (SSSR count). The fourth-order valence-corrected chi connectivity index (χ4v) is 6.38. The van der Waals surface area contributed by atoms with Crippen molar-refractivity contribution in [3.8, 4) is 0 Å². The van der Waals surface area contributed by atoms with Gasteiger partial charge in [0.2, 0.25) is 15.9 Å². The van der Waals surface area contributed by atoms with Gasteiger partial charge in [-0.1, -0.05) is 12.1 Å². The molecule has 3 atom stereocenters. The Morgan fingerprint density at radius 2 is 1.93 bits per heavy atom. The average Bonchev–Trinajstić information content (AvgIpc) is 3.15. The molecule has 2 fully saturated rings. The molecule has 2 aromatic rings. The third-order valence-electron chi connectivity index (χ3n) is 6.29. The molecule has 30 heavy (non-hydrogen) atoms. The summed E-state index contributed by atoms with van der Waals surface area (Å²) in [6.45, 7) is 1.90. The summed E-state index contributed by atoms with van der Waals surface area (Å²) in [5.41, 5.74) is -0.210. The predicted octanol–water partition coefficient (Wildman–Crippen LogP) is 3.09. The highest BCUT2D eigenvalue weighted by Crippen LogP contribution is 2.49. The van der Waals surface area contributed by atoms with E-state index in [0.717, 1.165) is 12.8 Å². The van der Waals surface area contributed by atoms with Gasteiger partial charge in [0.15, 0.2) is 0 Å². The number of aliphatic hydroxyl groups is 1. The molecule has 6 nitrogen and oxygen atoms in total. The van der Waals surface area contributed by atoms with Gasteiger partial charge >= 0.3 is 0 Å². The minimum absolute atomic E-state index is 0.0143. The second-order valence-corrected chi connectivity index (χ2v) is 10.2. The molecule has 0 aromatic heterocycles. The van der Waals surface area contributed by atoms with Gasteiger partial charge in [-0.05, 0) is 67.1 Å². The van der Waals surface area contributed by atoms with Crippen molar-refractivity contribution in [1.29, 1.82) is 0 Å². The second-order valence-electron chi connectivity index (χ2n) is 8.22. The Labute approximate surface area is 175 Å². The van der Waals surface area contributed by atoms with Crippen LogP contribution < -0.4 is 5.32 Å². The minimum atomic E-state index is -3.75. The van der Waals surface area contributed by atoms with Gasteiger partial charge in [0.25, 0.3) is 0 Å². The number of carbonyl (C=O) groups is 1. The minimum Gasteiger partial charge on any atom is -0.385 e. The van der Waals surface area contributed by atoms with Gasteiger partial charge < -0.3 is 10.4 Å². The summed E-state index contributed by atoms with van der Waals surface area (Å²) in [6.07, 6.45) is 2.07. The van der Waals surface area contributed by atoms with Crippen LogP contribution in [0.15, 0.2) is 53.4 Å². The molecule has 1 aliphatic carbocycles. The number of benzene rings is 2. The van der Waals surface area contributed by atoms with E-state index in [1.165, 1.54) is 35.5 Å². The van der Waals surface area contributed by atoms with Crippen LogP contribution in [0.4, 0.5) is 10.1 Å². The van der Waals surface area contributed by atoms with Crippen LogP contribution in [-0.4, -0.2) is 36.8 Å². The van der Waals surface area contributed by atoms with E-state index in [9.17, 15) is 22.7 Å². The van der Waals surface area contributed by atoms with Gasteiger partial charge in [-0.15, -0.1) is 0 Å². The molecular formula is C22H25FN2O4S. The number of sulfonamides is 1. The molecule has 1 saturated heterocycles. The molecule has 1 amide bonds. The molecule has 160 valence electrons. The van der Waals surface area contributed by atoms with Crippen LogP contribution in [0.2, 0.25) is 0 Å². The standard InChI is InChI=1S/C22H25FN2O4S/c1-15(26)24-19-7-9-20(10-8-19)30(28,29)25-13-16-4-3-11-22(27,21(16)14-25)17-5-2-6-18(23)12-17/h2,5-10,12,16,21,27H,3-4,11,13-14H2,1H3,(H,24,26). The fourth-order valence-electron chi connectivity index (χ4n) is 4.86. The lowest BCUT2D eigenvalue weighted by molar-refractivity contribution is -0.114. The van der Waals surface area contributed by atoms with Crippen LogP contribution in [0.3, 0.4) is 0 Å². The van der Waals surface area contributed by atoms with Crippen molar-refractivity contribution < 1.29 is 22.7 Å². The van der Waals surface area contributed by atoms with E-state index in [1.807, 2.05) is 0 Å². The lowest BCUT2D eigenvalue weighted by Gasteiger charge is -2.41. The Balaban J connectivity index is 1.59. The molecule has 8 heteroatoms. The summed E-state index contributed by atoms with van der Waals surface area (Å²) in [4.78, 5) is 11.3. The largest absolute Gasteiger partial charge is 0.385 e. The van der Waals surface area contributed by atoms with Crippen molar-refractivity contribution in [2.45, 2.75) is 36.7 Å². The number of fused-ring (bicyclic) bond motifs is 1. The molecule has 1 heterocycles. The number of carbonyl (C=O) groups excluding carboxylic acids is 1. The van der Waals surface area contributed by atoms with Crippen molar-refractivity contribution in [2.24, 2.45) is 11.8 Å². The molecule has 0 bridgehead atoms. The highest BCUT2D eigenvalue weighted by molar-refractivity contribution is 7.89. The Morgan fingerprint density at radius 3 is 2.60 bits per heavy atom. The van der Waals surface area contributed by atoms with E-state index in [4.69, 9.17) is 0 Å². The summed E-state index contributed by atoms with van der Waals surface area (Å²) in [6, 6.07) is 12.0. The summed E-state index contributed by atoms with van der Waals surface area (Å²) in [5.74, 6) is -0.919. The zero-order valence-corrected chi connectivity index (χ0v) is 17.5. The van der Waals surface area contributed by atoms with Crippen LogP contribution in [0.25, 0.3) is 0 Å². The summed E-state index contributed by atoms with van der Waals surface area (Å²) < 4.78 is 41.6. The lowest BCUT2D eigenvalue weighted by Crippen LogP contribution is -2.43. The zero-order valence-electron chi connectivity index (χ0n) is 16.7. The van der Waals surface area contributed by atoms with E-state index in [1.54, 1.807) is 24.3 Å². The molecular weight excluding hydrogens is 407 g/mol. The van der Waals surface area contributed by atoms with Gasteiger partial charge in [-0.3, -0.25) is 4.79 Å². The average molecular weight is 433 g/mol.